The van der Waals surface area contributed by atoms with E-state index >= 15 is 0 Å². The number of nitrogens with one attached hydrogen (secondary N) is 1. The summed E-state index contributed by atoms with van der Waals surface area (Å²) < 4.78 is 5.29. The fourth-order valence-corrected chi connectivity index (χ4v) is 3.20. The minimum atomic E-state index is -0.488. The largest absolute Gasteiger partial charge is 0.444 e. The van der Waals surface area contributed by atoms with Crippen molar-refractivity contribution in [3.63, 3.8) is 0 Å². The smallest absolute Gasteiger partial charge is 0.407 e. The van der Waals surface area contributed by atoms with Gasteiger partial charge in [0.15, 0.2) is 0 Å². The van der Waals surface area contributed by atoms with E-state index in [0.29, 0.717) is 12.5 Å². The molecule has 1 aliphatic rings. The zero-order valence-corrected chi connectivity index (χ0v) is 17.5. The SMILES string of the molecule is Cc1nc(C2CC2)c(-c2ccc(C(C)CNC(=O)OC(C)(C)C)cc2)cc1N. The maximum atomic E-state index is 11.8. The number of carbonyl (C=O) groups excluding carboxylic acids is 1. The topological polar surface area (TPSA) is 77.2 Å². The molecule has 1 fully saturated rings. The Morgan fingerprint density at radius 2 is 1.93 bits per heavy atom. The highest BCUT2D eigenvalue weighted by atomic mass is 16.6. The minimum Gasteiger partial charge on any atom is -0.444 e. The van der Waals surface area contributed by atoms with Crippen LogP contribution in [0.1, 0.15) is 69.3 Å². The Bertz CT molecular complexity index is 849. The van der Waals surface area contributed by atoms with Crippen LogP contribution in [0.2, 0.25) is 0 Å². The number of nitrogens with two attached hydrogens (primary N) is 1. The summed E-state index contributed by atoms with van der Waals surface area (Å²) in [6.07, 6.45) is 2.02. The monoisotopic (exact) mass is 381 g/mol. The summed E-state index contributed by atoms with van der Waals surface area (Å²) in [4.78, 5) is 16.6. The van der Waals surface area contributed by atoms with Crippen molar-refractivity contribution in [2.45, 2.75) is 64.9 Å². The molecule has 0 radical (unpaired) electrons. The first-order valence-electron chi connectivity index (χ1n) is 9.98. The van der Waals surface area contributed by atoms with E-state index in [1.807, 2.05) is 27.7 Å². The summed E-state index contributed by atoms with van der Waals surface area (Å²) in [5.74, 6) is 0.747. The molecule has 3 N–H and O–H groups in total. The van der Waals surface area contributed by atoms with E-state index < -0.39 is 5.60 Å². The standard InChI is InChI=1S/C23H31N3O2/c1-14(13-25-22(27)28-23(3,4)5)16-6-8-17(9-7-16)19-12-20(24)15(2)26-21(19)18-10-11-18/h6-9,12,14,18H,10-11,13,24H2,1-5H3,(H,25,27). The molecule has 1 aliphatic carbocycles. The highest BCUT2D eigenvalue weighted by molar-refractivity contribution is 5.71. The molecule has 0 bridgehead atoms. The molecule has 1 aromatic heterocycles. The van der Waals surface area contributed by atoms with E-state index in [2.05, 4.69) is 42.6 Å². The summed E-state index contributed by atoms with van der Waals surface area (Å²) in [7, 11) is 0. The number of nitrogens with zero attached hydrogens (tertiary/aromatic N) is 1. The molecule has 5 heteroatoms. The van der Waals surface area contributed by atoms with E-state index in [-0.39, 0.29) is 12.0 Å². The zero-order chi connectivity index (χ0) is 20.5. The van der Waals surface area contributed by atoms with Crippen molar-refractivity contribution >= 4 is 11.8 Å². The van der Waals surface area contributed by atoms with Crippen LogP contribution in [0.4, 0.5) is 10.5 Å². The number of hydrogen-bond donors (Lipinski definition) is 2. The van der Waals surface area contributed by atoms with E-state index in [9.17, 15) is 4.79 Å². The van der Waals surface area contributed by atoms with Crippen LogP contribution in [-0.4, -0.2) is 23.2 Å². The lowest BCUT2D eigenvalue weighted by Crippen LogP contribution is -2.34. The zero-order valence-electron chi connectivity index (χ0n) is 17.5. The van der Waals surface area contributed by atoms with Gasteiger partial charge in [-0.3, -0.25) is 4.98 Å². The van der Waals surface area contributed by atoms with Crippen molar-refractivity contribution in [3.05, 3.63) is 47.3 Å². The van der Waals surface area contributed by atoms with E-state index in [4.69, 9.17) is 15.5 Å². The van der Waals surface area contributed by atoms with E-state index in [1.165, 1.54) is 24.1 Å². The second-order valence-corrected chi connectivity index (χ2v) is 8.78. The van der Waals surface area contributed by atoms with Gasteiger partial charge in [-0.25, -0.2) is 4.79 Å². The third-order valence-corrected chi connectivity index (χ3v) is 4.99. The van der Waals surface area contributed by atoms with Crippen LogP contribution >= 0.6 is 0 Å². The molecule has 0 aliphatic heterocycles. The first kappa shape index (κ1) is 20.2. The second kappa shape index (κ2) is 7.82. The third kappa shape index (κ3) is 5.03. The maximum absolute atomic E-state index is 11.8. The molecule has 1 saturated carbocycles. The van der Waals surface area contributed by atoms with E-state index in [0.717, 1.165) is 22.5 Å². The molecular weight excluding hydrogens is 350 g/mol. The van der Waals surface area contributed by atoms with Gasteiger partial charge in [0.25, 0.3) is 0 Å². The molecule has 1 atom stereocenters. The van der Waals surface area contributed by atoms with Crippen LogP contribution in [-0.2, 0) is 4.74 Å². The molecule has 3 rings (SSSR count). The lowest BCUT2D eigenvalue weighted by atomic mass is 9.95. The first-order valence-corrected chi connectivity index (χ1v) is 9.98. The summed E-state index contributed by atoms with van der Waals surface area (Å²) in [5.41, 5.74) is 11.9. The molecule has 1 aromatic carbocycles. The van der Waals surface area contributed by atoms with Gasteiger partial charge in [-0.2, -0.15) is 0 Å². The Balaban J connectivity index is 1.70. The molecule has 0 saturated heterocycles. The van der Waals surface area contributed by atoms with Gasteiger partial charge in [0.2, 0.25) is 0 Å². The summed E-state index contributed by atoms with van der Waals surface area (Å²) >= 11 is 0. The molecule has 1 unspecified atom stereocenters. The van der Waals surface area contributed by atoms with Gasteiger partial charge >= 0.3 is 6.09 Å². The number of alkyl carbamates (subject to hydrolysis) is 1. The van der Waals surface area contributed by atoms with Crippen LogP contribution in [0, 0.1) is 6.92 Å². The number of rotatable bonds is 5. The van der Waals surface area contributed by atoms with Gasteiger partial charge < -0.3 is 15.8 Å². The number of amides is 1. The quantitative estimate of drug-likeness (QED) is 0.751. The van der Waals surface area contributed by atoms with Crippen LogP contribution in [0.5, 0.6) is 0 Å². The number of pyridine rings is 1. The molecule has 1 amide bonds. The maximum Gasteiger partial charge on any atom is 0.407 e. The Hall–Kier alpha value is -2.56. The molecule has 2 aromatic rings. The fourth-order valence-electron chi connectivity index (χ4n) is 3.20. The summed E-state index contributed by atoms with van der Waals surface area (Å²) in [6, 6.07) is 10.5. The van der Waals surface area contributed by atoms with Gasteiger partial charge in [0.05, 0.1) is 17.1 Å². The van der Waals surface area contributed by atoms with Crippen molar-refractivity contribution < 1.29 is 9.53 Å². The van der Waals surface area contributed by atoms with E-state index in [1.54, 1.807) is 0 Å². The molecule has 150 valence electrons. The average molecular weight is 382 g/mol. The number of ether oxygens (including phenoxy) is 1. The Kier molecular flexibility index (Phi) is 5.64. The molecule has 5 nitrogen and oxygen atoms in total. The molecule has 1 heterocycles. The van der Waals surface area contributed by atoms with Crippen molar-refractivity contribution in [3.8, 4) is 11.1 Å². The molecular formula is C23H31N3O2. The summed E-state index contributed by atoms with van der Waals surface area (Å²) in [5, 5.41) is 2.84. The Morgan fingerprint density at radius 3 is 2.50 bits per heavy atom. The van der Waals surface area contributed by atoms with Gasteiger partial charge in [-0.05, 0) is 63.6 Å². The highest BCUT2D eigenvalue weighted by Gasteiger charge is 2.28. The number of nitrogen functional groups attached to an aromatic ring is 1. The second-order valence-electron chi connectivity index (χ2n) is 8.78. The van der Waals surface area contributed by atoms with Crippen LogP contribution in [0.15, 0.2) is 30.3 Å². The summed E-state index contributed by atoms with van der Waals surface area (Å²) in [6.45, 7) is 10.2. The number of aromatic nitrogens is 1. The number of carbonyl (C=O) groups is 1. The number of anilines is 1. The predicted octanol–water partition coefficient (Wildman–Crippen LogP) is 5.14. The van der Waals surface area contributed by atoms with Crippen LogP contribution < -0.4 is 11.1 Å². The third-order valence-electron chi connectivity index (χ3n) is 4.99. The number of benzene rings is 1. The Labute approximate surface area is 167 Å². The first-order chi connectivity index (χ1) is 13.1. The van der Waals surface area contributed by atoms with Crippen molar-refractivity contribution in [1.82, 2.24) is 10.3 Å². The van der Waals surface area contributed by atoms with Crippen molar-refractivity contribution in [1.29, 1.82) is 0 Å². The average Bonchev–Trinajstić information content (AvgIpc) is 3.45. The highest BCUT2D eigenvalue weighted by Crippen LogP contribution is 2.44. The van der Waals surface area contributed by atoms with Crippen LogP contribution in [0.3, 0.4) is 0 Å². The van der Waals surface area contributed by atoms with Gasteiger partial charge in [-0.1, -0.05) is 31.2 Å². The molecule has 28 heavy (non-hydrogen) atoms. The Morgan fingerprint density at radius 1 is 1.29 bits per heavy atom. The normalized spacial score (nSPS) is 15.2. The minimum absolute atomic E-state index is 0.186. The van der Waals surface area contributed by atoms with Crippen molar-refractivity contribution in [2.24, 2.45) is 0 Å². The van der Waals surface area contributed by atoms with Gasteiger partial charge in [0, 0.05) is 18.0 Å². The lowest BCUT2D eigenvalue weighted by molar-refractivity contribution is 0.0525. The van der Waals surface area contributed by atoms with Gasteiger partial charge in [-0.15, -0.1) is 0 Å². The number of hydrogen-bond acceptors (Lipinski definition) is 4. The van der Waals surface area contributed by atoms with Crippen LogP contribution in [0.25, 0.3) is 11.1 Å². The van der Waals surface area contributed by atoms with Gasteiger partial charge in [0.1, 0.15) is 5.60 Å². The molecule has 0 spiro atoms. The number of aryl methyl sites for hydroxylation is 1. The lowest BCUT2D eigenvalue weighted by Gasteiger charge is -2.21. The fraction of sp³-hybridized carbons (Fsp3) is 0.478. The predicted molar refractivity (Wildman–Crippen MR) is 113 cm³/mol. The van der Waals surface area contributed by atoms with Crippen molar-refractivity contribution in [2.75, 3.05) is 12.3 Å².